The molecular formula is C18H29N3. The molecule has 4 rings (SSSR count). The lowest BCUT2D eigenvalue weighted by Gasteiger charge is -2.28. The lowest BCUT2D eigenvalue weighted by atomic mass is 9.88. The molecular weight excluding hydrogens is 258 g/mol. The van der Waals surface area contributed by atoms with E-state index >= 15 is 0 Å². The Kier molecular flexibility index (Phi) is 3.78. The molecule has 1 aromatic heterocycles. The Labute approximate surface area is 128 Å². The highest BCUT2D eigenvalue weighted by atomic mass is 15.2. The van der Waals surface area contributed by atoms with Crippen molar-refractivity contribution in [1.29, 1.82) is 0 Å². The molecule has 2 unspecified atom stereocenters. The van der Waals surface area contributed by atoms with Gasteiger partial charge >= 0.3 is 0 Å². The predicted molar refractivity (Wildman–Crippen MR) is 85.5 cm³/mol. The number of aromatic nitrogens is 2. The average Bonchev–Trinajstić information content (AvgIpc) is 3.11. The fourth-order valence-corrected chi connectivity index (χ4v) is 4.88. The van der Waals surface area contributed by atoms with Gasteiger partial charge in [0.1, 0.15) is 5.82 Å². The van der Waals surface area contributed by atoms with Crippen LogP contribution in [0.15, 0.2) is 0 Å². The van der Waals surface area contributed by atoms with Crippen molar-refractivity contribution >= 4 is 0 Å². The van der Waals surface area contributed by atoms with Gasteiger partial charge in [0.15, 0.2) is 0 Å². The van der Waals surface area contributed by atoms with E-state index in [0.717, 1.165) is 31.0 Å². The van der Waals surface area contributed by atoms with Crippen LogP contribution in [-0.4, -0.2) is 16.1 Å². The van der Waals surface area contributed by atoms with E-state index < -0.39 is 0 Å². The molecule has 3 aliphatic rings. The zero-order valence-electron chi connectivity index (χ0n) is 13.4. The van der Waals surface area contributed by atoms with Gasteiger partial charge in [0.2, 0.25) is 0 Å². The third kappa shape index (κ3) is 2.44. The lowest BCUT2D eigenvalue weighted by Crippen LogP contribution is -2.27. The van der Waals surface area contributed by atoms with E-state index in [1.54, 1.807) is 5.69 Å². The van der Waals surface area contributed by atoms with Crippen LogP contribution in [0.25, 0.3) is 0 Å². The van der Waals surface area contributed by atoms with Crippen LogP contribution in [0, 0.1) is 5.92 Å². The molecule has 0 amide bonds. The Morgan fingerprint density at radius 1 is 1.05 bits per heavy atom. The molecule has 21 heavy (non-hydrogen) atoms. The van der Waals surface area contributed by atoms with Gasteiger partial charge in [0.05, 0.1) is 5.69 Å². The van der Waals surface area contributed by atoms with Gasteiger partial charge in [-0.1, -0.05) is 32.6 Å². The van der Waals surface area contributed by atoms with Crippen LogP contribution in [0.4, 0.5) is 0 Å². The van der Waals surface area contributed by atoms with Crippen LogP contribution < -0.4 is 5.32 Å². The summed E-state index contributed by atoms with van der Waals surface area (Å²) >= 11 is 0. The fraction of sp³-hybridized carbons (Fsp3) is 0.833. The third-order valence-corrected chi connectivity index (χ3v) is 6.07. The van der Waals surface area contributed by atoms with E-state index in [1.165, 1.54) is 69.3 Å². The van der Waals surface area contributed by atoms with Crippen LogP contribution in [0.2, 0.25) is 0 Å². The van der Waals surface area contributed by atoms with Gasteiger partial charge in [-0.05, 0) is 31.6 Å². The number of nitrogens with one attached hydrogen (secondary N) is 1. The fourth-order valence-electron chi connectivity index (χ4n) is 4.88. The summed E-state index contributed by atoms with van der Waals surface area (Å²) < 4.78 is 2.74. The summed E-state index contributed by atoms with van der Waals surface area (Å²) in [7, 11) is 0. The number of hydrogen-bond donors (Lipinski definition) is 1. The first-order chi connectivity index (χ1) is 10.3. The largest absolute Gasteiger partial charge is 0.328 e. The van der Waals surface area contributed by atoms with E-state index in [0.29, 0.717) is 0 Å². The molecule has 3 heteroatoms. The van der Waals surface area contributed by atoms with Crippen molar-refractivity contribution in [1.82, 2.24) is 14.9 Å². The first-order valence-corrected chi connectivity index (χ1v) is 9.15. The minimum absolute atomic E-state index is 0.733. The smallest absolute Gasteiger partial charge is 0.112 e. The Balaban J connectivity index is 1.75. The molecule has 2 atom stereocenters. The van der Waals surface area contributed by atoms with Crippen LogP contribution >= 0.6 is 0 Å². The minimum atomic E-state index is 0.733. The van der Waals surface area contributed by atoms with Crippen LogP contribution in [0.5, 0.6) is 0 Å². The van der Waals surface area contributed by atoms with Crippen LogP contribution in [0.1, 0.15) is 87.5 Å². The summed E-state index contributed by atoms with van der Waals surface area (Å²) in [6, 6.07) is 0.733. The molecule has 2 aliphatic carbocycles. The molecule has 0 spiro atoms. The topological polar surface area (TPSA) is 29.9 Å². The maximum absolute atomic E-state index is 5.15. The molecule has 3 nitrogen and oxygen atoms in total. The standard InChI is InChI=1S/C18H29N3/c1-13-6-5-9-16(13)21-17-10-11-19-12-15(17)20-18(21)14-7-3-2-4-8-14/h13-14,16,19H,2-12H2,1H3. The first kappa shape index (κ1) is 13.8. The average molecular weight is 287 g/mol. The predicted octanol–water partition coefficient (Wildman–Crippen LogP) is 3.94. The van der Waals surface area contributed by atoms with Crippen molar-refractivity contribution in [2.45, 2.75) is 83.2 Å². The van der Waals surface area contributed by atoms with Crippen molar-refractivity contribution < 1.29 is 0 Å². The molecule has 0 saturated heterocycles. The molecule has 2 fully saturated rings. The summed E-state index contributed by atoms with van der Waals surface area (Å²) in [4.78, 5) is 5.15. The molecule has 1 N–H and O–H groups in total. The highest BCUT2D eigenvalue weighted by Crippen LogP contribution is 2.42. The van der Waals surface area contributed by atoms with E-state index in [9.17, 15) is 0 Å². The third-order valence-electron chi connectivity index (χ3n) is 6.07. The van der Waals surface area contributed by atoms with Crippen molar-refractivity contribution in [2.75, 3.05) is 6.54 Å². The van der Waals surface area contributed by atoms with E-state index in [4.69, 9.17) is 4.98 Å². The second-order valence-electron chi connectivity index (χ2n) is 7.47. The number of nitrogens with zero attached hydrogens (tertiary/aromatic N) is 2. The SMILES string of the molecule is CC1CCCC1n1c(C2CCCCC2)nc2c1CCNC2. The lowest BCUT2D eigenvalue weighted by molar-refractivity contribution is 0.351. The number of rotatable bonds is 2. The Morgan fingerprint density at radius 2 is 1.90 bits per heavy atom. The summed E-state index contributed by atoms with van der Waals surface area (Å²) in [5.74, 6) is 3.03. The van der Waals surface area contributed by atoms with Crippen molar-refractivity contribution in [3.05, 3.63) is 17.2 Å². The second kappa shape index (κ2) is 5.75. The monoisotopic (exact) mass is 287 g/mol. The van der Waals surface area contributed by atoms with E-state index in [-0.39, 0.29) is 0 Å². The number of hydrogen-bond acceptors (Lipinski definition) is 2. The zero-order chi connectivity index (χ0) is 14.2. The molecule has 116 valence electrons. The van der Waals surface area contributed by atoms with Gasteiger partial charge in [-0.3, -0.25) is 0 Å². The number of fused-ring (bicyclic) bond motifs is 1. The normalized spacial score (nSPS) is 30.5. The van der Waals surface area contributed by atoms with Gasteiger partial charge < -0.3 is 9.88 Å². The van der Waals surface area contributed by atoms with Crippen molar-refractivity contribution in [3.63, 3.8) is 0 Å². The summed E-state index contributed by atoms with van der Waals surface area (Å²) in [6.45, 7) is 4.57. The molecule has 0 aromatic carbocycles. The highest BCUT2D eigenvalue weighted by molar-refractivity contribution is 5.24. The maximum atomic E-state index is 5.15. The van der Waals surface area contributed by atoms with Crippen molar-refractivity contribution in [3.8, 4) is 0 Å². The minimum Gasteiger partial charge on any atom is -0.328 e. The van der Waals surface area contributed by atoms with E-state index in [1.807, 2.05) is 0 Å². The maximum Gasteiger partial charge on any atom is 0.112 e. The second-order valence-corrected chi connectivity index (χ2v) is 7.47. The quantitative estimate of drug-likeness (QED) is 0.893. The van der Waals surface area contributed by atoms with Gasteiger partial charge in [-0.15, -0.1) is 0 Å². The zero-order valence-corrected chi connectivity index (χ0v) is 13.4. The Bertz CT molecular complexity index is 499. The molecule has 2 saturated carbocycles. The molecule has 0 radical (unpaired) electrons. The summed E-state index contributed by atoms with van der Waals surface area (Å²) in [5.41, 5.74) is 2.94. The van der Waals surface area contributed by atoms with Gasteiger partial charge in [0.25, 0.3) is 0 Å². The van der Waals surface area contributed by atoms with Gasteiger partial charge in [0, 0.05) is 37.2 Å². The Morgan fingerprint density at radius 3 is 2.67 bits per heavy atom. The van der Waals surface area contributed by atoms with Gasteiger partial charge in [-0.2, -0.15) is 0 Å². The van der Waals surface area contributed by atoms with Gasteiger partial charge in [-0.25, -0.2) is 4.98 Å². The molecule has 2 heterocycles. The van der Waals surface area contributed by atoms with Crippen LogP contribution in [0.3, 0.4) is 0 Å². The Hall–Kier alpha value is -0.830. The molecule has 1 aliphatic heterocycles. The highest BCUT2D eigenvalue weighted by Gasteiger charge is 2.33. The van der Waals surface area contributed by atoms with Crippen LogP contribution in [-0.2, 0) is 13.0 Å². The first-order valence-electron chi connectivity index (χ1n) is 9.15. The van der Waals surface area contributed by atoms with E-state index in [2.05, 4.69) is 16.8 Å². The summed E-state index contributed by atoms with van der Waals surface area (Å²) in [6.07, 6.45) is 12.3. The number of imidazole rings is 1. The summed E-state index contributed by atoms with van der Waals surface area (Å²) in [5, 5.41) is 3.51. The molecule has 1 aromatic rings. The van der Waals surface area contributed by atoms with Crippen molar-refractivity contribution in [2.24, 2.45) is 5.92 Å². The molecule has 0 bridgehead atoms.